The highest BCUT2D eigenvalue weighted by molar-refractivity contribution is 5.97. The standard InChI is InChI=1S/C16H18O8/c17-6-11-13(20)14(21)15(22)16(24-11)23-10-3-1-2-7-8(18)4-5-9(19)12(7)10/h1-5,11,13-22H,6H2/t11-,13-,14+,15-,16-/m1/s1. The largest absolute Gasteiger partial charge is 0.507 e. The third-order valence-corrected chi connectivity index (χ3v) is 4.05. The Kier molecular flexibility index (Phi) is 4.48. The van der Waals surface area contributed by atoms with E-state index in [1.165, 1.54) is 18.2 Å². The minimum absolute atomic E-state index is 0.0675. The van der Waals surface area contributed by atoms with Crippen molar-refractivity contribution in [2.45, 2.75) is 30.7 Å². The van der Waals surface area contributed by atoms with Crippen LogP contribution in [0.15, 0.2) is 30.3 Å². The number of phenolic OH excluding ortho intramolecular Hbond substituents is 2. The maximum absolute atomic E-state index is 10.0. The van der Waals surface area contributed by atoms with Crippen LogP contribution in [0, 0.1) is 0 Å². The Balaban J connectivity index is 1.96. The van der Waals surface area contributed by atoms with Gasteiger partial charge in [0.25, 0.3) is 0 Å². The molecule has 130 valence electrons. The Morgan fingerprint density at radius 2 is 1.62 bits per heavy atom. The molecule has 0 bridgehead atoms. The number of phenols is 2. The first-order valence-corrected chi connectivity index (χ1v) is 7.35. The maximum Gasteiger partial charge on any atom is 0.229 e. The normalized spacial score (nSPS) is 30.4. The molecule has 0 spiro atoms. The van der Waals surface area contributed by atoms with Gasteiger partial charge >= 0.3 is 0 Å². The molecule has 5 atom stereocenters. The van der Waals surface area contributed by atoms with Crippen molar-refractivity contribution in [1.29, 1.82) is 0 Å². The smallest absolute Gasteiger partial charge is 0.229 e. The van der Waals surface area contributed by atoms with Crippen LogP contribution >= 0.6 is 0 Å². The van der Waals surface area contributed by atoms with E-state index in [0.717, 1.165) is 0 Å². The van der Waals surface area contributed by atoms with Crippen molar-refractivity contribution in [2.75, 3.05) is 6.61 Å². The van der Waals surface area contributed by atoms with E-state index in [0.29, 0.717) is 5.39 Å². The molecule has 1 aliphatic heterocycles. The van der Waals surface area contributed by atoms with Gasteiger partial charge in [-0.05, 0) is 18.2 Å². The van der Waals surface area contributed by atoms with Crippen molar-refractivity contribution in [3.8, 4) is 17.2 Å². The van der Waals surface area contributed by atoms with Gasteiger partial charge < -0.3 is 40.1 Å². The van der Waals surface area contributed by atoms with Crippen LogP contribution < -0.4 is 4.74 Å². The van der Waals surface area contributed by atoms with Gasteiger partial charge in [0, 0.05) is 5.39 Å². The van der Waals surface area contributed by atoms with E-state index < -0.39 is 37.3 Å². The van der Waals surface area contributed by atoms with Crippen molar-refractivity contribution in [3.05, 3.63) is 30.3 Å². The summed E-state index contributed by atoms with van der Waals surface area (Å²) in [5.41, 5.74) is 0. The third kappa shape index (κ3) is 2.74. The van der Waals surface area contributed by atoms with Gasteiger partial charge in [-0.3, -0.25) is 0 Å². The molecule has 2 aromatic rings. The minimum atomic E-state index is -1.57. The lowest BCUT2D eigenvalue weighted by atomic mass is 9.99. The zero-order chi connectivity index (χ0) is 17.4. The number of benzene rings is 2. The summed E-state index contributed by atoms with van der Waals surface area (Å²) in [4.78, 5) is 0. The van der Waals surface area contributed by atoms with Gasteiger partial charge in [0.15, 0.2) is 0 Å². The molecule has 8 nitrogen and oxygen atoms in total. The van der Waals surface area contributed by atoms with Crippen LogP contribution in [0.3, 0.4) is 0 Å². The van der Waals surface area contributed by atoms with Gasteiger partial charge in [0.05, 0.1) is 12.0 Å². The molecule has 1 heterocycles. The Bertz CT molecular complexity index is 731. The summed E-state index contributed by atoms with van der Waals surface area (Å²) in [6, 6.07) is 7.25. The topological polar surface area (TPSA) is 140 Å². The van der Waals surface area contributed by atoms with Gasteiger partial charge in [-0.15, -0.1) is 0 Å². The van der Waals surface area contributed by atoms with Crippen LogP contribution in [0.4, 0.5) is 0 Å². The summed E-state index contributed by atoms with van der Waals surface area (Å²) in [5.74, 6) is -0.115. The summed E-state index contributed by atoms with van der Waals surface area (Å²) in [7, 11) is 0. The monoisotopic (exact) mass is 338 g/mol. The third-order valence-electron chi connectivity index (χ3n) is 4.05. The molecular weight excluding hydrogens is 320 g/mol. The van der Waals surface area contributed by atoms with Crippen LogP contribution in [-0.4, -0.2) is 68.0 Å². The van der Waals surface area contributed by atoms with Crippen LogP contribution in [0.2, 0.25) is 0 Å². The summed E-state index contributed by atoms with van der Waals surface area (Å²) in [6.07, 6.45) is -7.12. The number of hydrogen-bond acceptors (Lipinski definition) is 8. The fraction of sp³-hybridized carbons (Fsp3) is 0.375. The quantitative estimate of drug-likeness (QED) is 0.409. The molecule has 3 rings (SSSR count). The zero-order valence-corrected chi connectivity index (χ0v) is 12.5. The number of hydrogen-bond donors (Lipinski definition) is 6. The second kappa shape index (κ2) is 6.42. The van der Waals surface area contributed by atoms with Crippen molar-refractivity contribution < 1.29 is 40.1 Å². The molecule has 0 unspecified atom stereocenters. The Hall–Kier alpha value is -2.10. The first-order valence-electron chi connectivity index (χ1n) is 7.35. The van der Waals surface area contributed by atoms with Crippen molar-refractivity contribution >= 4 is 10.8 Å². The molecule has 1 saturated heterocycles. The van der Waals surface area contributed by atoms with E-state index in [4.69, 9.17) is 9.47 Å². The number of ether oxygens (including phenoxy) is 2. The molecule has 0 amide bonds. The van der Waals surface area contributed by atoms with E-state index in [9.17, 15) is 30.6 Å². The zero-order valence-electron chi connectivity index (χ0n) is 12.5. The second-order valence-electron chi connectivity index (χ2n) is 5.60. The molecule has 2 aromatic carbocycles. The highest BCUT2D eigenvalue weighted by Gasteiger charge is 2.44. The first kappa shape index (κ1) is 16.7. The molecule has 24 heavy (non-hydrogen) atoms. The molecule has 0 saturated carbocycles. The summed E-state index contributed by atoms with van der Waals surface area (Å²) >= 11 is 0. The average molecular weight is 338 g/mol. The predicted molar refractivity (Wildman–Crippen MR) is 81.7 cm³/mol. The number of aromatic hydroxyl groups is 2. The first-order chi connectivity index (χ1) is 11.4. The molecule has 6 N–H and O–H groups in total. The van der Waals surface area contributed by atoms with E-state index >= 15 is 0 Å². The van der Waals surface area contributed by atoms with E-state index in [-0.39, 0.29) is 22.6 Å². The van der Waals surface area contributed by atoms with Crippen LogP contribution in [0.5, 0.6) is 17.2 Å². The molecular formula is C16H18O8. The highest BCUT2D eigenvalue weighted by atomic mass is 16.7. The van der Waals surface area contributed by atoms with Gasteiger partial charge in [0.1, 0.15) is 41.7 Å². The molecule has 8 heteroatoms. The fourth-order valence-corrected chi connectivity index (χ4v) is 2.73. The van der Waals surface area contributed by atoms with E-state index in [1.807, 2.05) is 0 Å². The molecule has 0 aromatic heterocycles. The van der Waals surface area contributed by atoms with Gasteiger partial charge in [-0.25, -0.2) is 0 Å². The van der Waals surface area contributed by atoms with Gasteiger partial charge in [-0.1, -0.05) is 12.1 Å². The van der Waals surface area contributed by atoms with Crippen LogP contribution in [-0.2, 0) is 4.74 Å². The summed E-state index contributed by atoms with van der Waals surface area (Å²) in [6.45, 7) is -0.577. The highest BCUT2D eigenvalue weighted by Crippen LogP contribution is 2.39. The molecule has 0 aliphatic carbocycles. The van der Waals surface area contributed by atoms with E-state index in [2.05, 4.69) is 0 Å². The Morgan fingerprint density at radius 3 is 2.33 bits per heavy atom. The summed E-state index contributed by atoms with van der Waals surface area (Å²) < 4.78 is 10.8. The van der Waals surface area contributed by atoms with Gasteiger partial charge in [0.2, 0.25) is 6.29 Å². The number of aliphatic hydroxyl groups is 4. The summed E-state index contributed by atoms with van der Waals surface area (Å²) in [5, 5.41) is 59.2. The number of aliphatic hydroxyl groups excluding tert-OH is 4. The number of rotatable bonds is 3. The lowest BCUT2D eigenvalue weighted by Crippen LogP contribution is -2.60. The number of fused-ring (bicyclic) bond motifs is 1. The second-order valence-corrected chi connectivity index (χ2v) is 5.60. The van der Waals surface area contributed by atoms with Crippen molar-refractivity contribution in [2.24, 2.45) is 0 Å². The Morgan fingerprint density at radius 1 is 0.917 bits per heavy atom. The molecule has 1 fully saturated rings. The lowest BCUT2D eigenvalue weighted by Gasteiger charge is -2.39. The predicted octanol–water partition coefficient (Wildman–Crippen LogP) is -0.570. The SMILES string of the molecule is OC[C@H]1O[C@@H](Oc2cccc3c(O)ccc(O)c23)[C@H](O)[C@@H](O)[C@@H]1O. The minimum Gasteiger partial charge on any atom is -0.507 e. The fourth-order valence-electron chi connectivity index (χ4n) is 2.73. The van der Waals surface area contributed by atoms with Crippen molar-refractivity contribution in [3.63, 3.8) is 0 Å². The Labute approximate surface area is 136 Å². The van der Waals surface area contributed by atoms with E-state index in [1.54, 1.807) is 12.1 Å². The van der Waals surface area contributed by atoms with Crippen LogP contribution in [0.25, 0.3) is 10.8 Å². The lowest BCUT2D eigenvalue weighted by molar-refractivity contribution is -0.277. The average Bonchev–Trinajstić information content (AvgIpc) is 2.58. The molecule has 0 radical (unpaired) electrons. The maximum atomic E-state index is 10.0. The van der Waals surface area contributed by atoms with Crippen LogP contribution in [0.1, 0.15) is 0 Å². The van der Waals surface area contributed by atoms with Crippen molar-refractivity contribution in [1.82, 2.24) is 0 Å². The van der Waals surface area contributed by atoms with Gasteiger partial charge in [-0.2, -0.15) is 0 Å². The molecule has 1 aliphatic rings.